The fourth-order valence-electron chi connectivity index (χ4n) is 4.08. The highest BCUT2D eigenvalue weighted by molar-refractivity contribution is 5.86. The van der Waals surface area contributed by atoms with Gasteiger partial charge in [-0.05, 0) is 55.5 Å². The zero-order chi connectivity index (χ0) is 17.5. The van der Waals surface area contributed by atoms with E-state index in [1.54, 1.807) is 6.20 Å². The van der Waals surface area contributed by atoms with Crippen LogP contribution in [0.3, 0.4) is 0 Å². The van der Waals surface area contributed by atoms with Crippen molar-refractivity contribution in [3.05, 3.63) is 69.3 Å². The quantitative estimate of drug-likeness (QED) is 0.664. The largest absolute Gasteiger partial charge is 0.478 e. The van der Waals surface area contributed by atoms with Crippen LogP contribution in [0.25, 0.3) is 11.0 Å². The maximum Gasteiger partial charge on any atom is 0.339 e. The van der Waals surface area contributed by atoms with Crippen molar-refractivity contribution in [2.24, 2.45) is 0 Å². The number of benzene rings is 1. The Bertz CT molecular complexity index is 1030. The van der Waals surface area contributed by atoms with E-state index in [2.05, 4.69) is 16.0 Å². The molecule has 0 N–H and O–H groups in total. The third-order valence-electron chi connectivity index (χ3n) is 5.35. The molecule has 0 fully saturated rings. The molecule has 5 heteroatoms. The highest BCUT2D eigenvalue weighted by Crippen LogP contribution is 2.35. The first-order chi connectivity index (χ1) is 12.8. The van der Waals surface area contributed by atoms with Crippen LogP contribution in [0.1, 0.15) is 35.2 Å². The number of ether oxygens (including phenoxy) is 1. The van der Waals surface area contributed by atoms with Crippen molar-refractivity contribution in [1.82, 2.24) is 9.88 Å². The van der Waals surface area contributed by atoms with Crippen molar-refractivity contribution >= 4 is 11.0 Å². The third kappa shape index (κ3) is 2.59. The van der Waals surface area contributed by atoms with E-state index in [0.29, 0.717) is 25.4 Å². The summed E-state index contributed by atoms with van der Waals surface area (Å²) in [4.78, 5) is 19.1. The first kappa shape index (κ1) is 15.6. The van der Waals surface area contributed by atoms with Crippen LogP contribution < -0.4 is 10.4 Å². The molecule has 132 valence electrons. The predicted octanol–water partition coefficient (Wildman–Crippen LogP) is 3.42. The maximum absolute atomic E-state index is 12.5. The number of aromatic nitrogens is 1. The second-order valence-electron chi connectivity index (χ2n) is 7.05. The minimum Gasteiger partial charge on any atom is -0.478 e. The summed E-state index contributed by atoms with van der Waals surface area (Å²) in [6.45, 7) is 1.89. The zero-order valence-corrected chi connectivity index (χ0v) is 14.5. The van der Waals surface area contributed by atoms with E-state index in [0.717, 1.165) is 53.6 Å². The number of nitrogens with zero attached hydrogens (tertiary/aromatic N) is 2. The fourth-order valence-corrected chi connectivity index (χ4v) is 4.08. The normalized spacial score (nSPS) is 16.8. The summed E-state index contributed by atoms with van der Waals surface area (Å²) in [5.41, 5.74) is 4.52. The molecule has 0 atom stereocenters. The summed E-state index contributed by atoms with van der Waals surface area (Å²) >= 11 is 0. The molecule has 1 aromatic carbocycles. The Morgan fingerprint density at radius 3 is 2.77 bits per heavy atom. The van der Waals surface area contributed by atoms with E-state index in [4.69, 9.17) is 9.15 Å². The lowest BCUT2D eigenvalue weighted by Crippen LogP contribution is -2.32. The lowest BCUT2D eigenvalue weighted by atomic mass is 9.90. The average molecular weight is 348 g/mol. The molecule has 2 aliphatic rings. The van der Waals surface area contributed by atoms with E-state index >= 15 is 0 Å². The summed E-state index contributed by atoms with van der Waals surface area (Å²) in [6, 6.07) is 9.98. The summed E-state index contributed by atoms with van der Waals surface area (Å²) in [5, 5.41) is 1.07. The van der Waals surface area contributed by atoms with Gasteiger partial charge in [0.2, 0.25) is 0 Å². The average Bonchev–Trinajstić information content (AvgIpc) is 2.69. The van der Waals surface area contributed by atoms with Crippen LogP contribution in [0.2, 0.25) is 0 Å². The Morgan fingerprint density at radius 2 is 1.92 bits per heavy atom. The molecule has 0 saturated carbocycles. The van der Waals surface area contributed by atoms with Crippen molar-refractivity contribution in [3.63, 3.8) is 0 Å². The highest BCUT2D eigenvalue weighted by Gasteiger charge is 2.25. The molecule has 26 heavy (non-hydrogen) atoms. The van der Waals surface area contributed by atoms with Crippen LogP contribution in [0, 0.1) is 0 Å². The Hall–Kier alpha value is -2.66. The topological polar surface area (TPSA) is 55.6 Å². The molecular weight excluding hydrogens is 328 g/mol. The number of fused-ring (bicyclic) bond motifs is 5. The van der Waals surface area contributed by atoms with Crippen molar-refractivity contribution in [2.75, 3.05) is 6.73 Å². The van der Waals surface area contributed by atoms with Crippen LogP contribution in [0.15, 0.2) is 45.7 Å². The lowest BCUT2D eigenvalue weighted by Gasteiger charge is -2.29. The van der Waals surface area contributed by atoms with Crippen LogP contribution >= 0.6 is 0 Å². The predicted molar refractivity (Wildman–Crippen MR) is 98.1 cm³/mol. The highest BCUT2D eigenvalue weighted by atomic mass is 16.5. The van der Waals surface area contributed by atoms with E-state index < -0.39 is 0 Å². The standard InChI is InChI=1S/C21H20N2O3/c24-21-17-7-2-1-6-15(17)16-8-9-19-18(20(16)26-21)12-23(13-25-19)11-14-5-3-4-10-22-14/h3-5,8-10H,1-2,6-7,11-13H2. The van der Waals surface area contributed by atoms with Gasteiger partial charge in [0.25, 0.3) is 0 Å². The molecule has 0 saturated heterocycles. The molecule has 1 aliphatic carbocycles. The van der Waals surface area contributed by atoms with Gasteiger partial charge < -0.3 is 9.15 Å². The van der Waals surface area contributed by atoms with Gasteiger partial charge in [-0.3, -0.25) is 9.88 Å². The minimum absolute atomic E-state index is 0.178. The van der Waals surface area contributed by atoms with Gasteiger partial charge in [-0.1, -0.05) is 6.07 Å². The van der Waals surface area contributed by atoms with Crippen LogP contribution in [-0.4, -0.2) is 16.6 Å². The lowest BCUT2D eigenvalue weighted by molar-refractivity contribution is 0.0878. The monoisotopic (exact) mass is 348 g/mol. The summed E-state index contributed by atoms with van der Waals surface area (Å²) in [7, 11) is 0. The Kier molecular flexibility index (Phi) is 3.75. The van der Waals surface area contributed by atoms with Gasteiger partial charge in [-0.15, -0.1) is 0 Å². The number of aryl methyl sites for hydroxylation is 1. The second-order valence-corrected chi connectivity index (χ2v) is 7.05. The molecule has 2 aromatic heterocycles. The van der Waals surface area contributed by atoms with E-state index in [1.807, 2.05) is 24.3 Å². The van der Waals surface area contributed by atoms with E-state index in [-0.39, 0.29) is 5.63 Å². The molecule has 5 nitrogen and oxygen atoms in total. The first-order valence-electron chi connectivity index (χ1n) is 9.15. The van der Waals surface area contributed by atoms with E-state index in [1.165, 1.54) is 5.56 Å². The Balaban J connectivity index is 1.57. The van der Waals surface area contributed by atoms with Crippen molar-refractivity contribution in [1.29, 1.82) is 0 Å². The molecule has 3 aromatic rings. The Labute approximate surface area is 151 Å². The van der Waals surface area contributed by atoms with Gasteiger partial charge in [0.15, 0.2) is 0 Å². The molecule has 5 rings (SSSR count). The van der Waals surface area contributed by atoms with Crippen molar-refractivity contribution in [3.8, 4) is 5.75 Å². The van der Waals surface area contributed by atoms with Gasteiger partial charge in [0.05, 0.1) is 11.3 Å². The van der Waals surface area contributed by atoms with Crippen LogP contribution in [0.5, 0.6) is 5.75 Å². The van der Waals surface area contributed by atoms with Gasteiger partial charge >= 0.3 is 5.63 Å². The number of hydrogen-bond acceptors (Lipinski definition) is 5. The number of pyridine rings is 1. The van der Waals surface area contributed by atoms with Crippen molar-refractivity contribution in [2.45, 2.75) is 38.8 Å². The number of rotatable bonds is 2. The van der Waals surface area contributed by atoms with Gasteiger partial charge in [-0.2, -0.15) is 0 Å². The van der Waals surface area contributed by atoms with Gasteiger partial charge in [0, 0.05) is 30.2 Å². The SMILES string of the molecule is O=c1oc2c3c(ccc2c2c1CCCC2)OCN(Cc1ccccn1)C3. The van der Waals surface area contributed by atoms with E-state index in [9.17, 15) is 4.79 Å². The molecule has 0 spiro atoms. The number of hydrogen-bond donors (Lipinski definition) is 0. The van der Waals surface area contributed by atoms with Crippen LogP contribution in [-0.2, 0) is 25.9 Å². The molecule has 0 bridgehead atoms. The smallest absolute Gasteiger partial charge is 0.339 e. The summed E-state index contributed by atoms with van der Waals surface area (Å²) < 4.78 is 11.7. The summed E-state index contributed by atoms with van der Waals surface area (Å²) in [5.74, 6) is 0.814. The molecule has 0 radical (unpaired) electrons. The third-order valence-corrected chi connectivity index (χ3v) is 5.35. The first-order valence-corrected chi connectivity index (χ1v) is 9.15. The van der Waals surface area contributed by atoms with Crippen molar-refractivity contribution < 1.29 is 9.15 Å². The minimum atomic E-state index is -0.178. The molecule has 1 aliphatic heterocycles. The second kappa shape index (κ2) is 6.25. The Morgan fingerprint density at radius 1 is 1.04 bits per heavy atom. The molecule has 0 amide bonds. The maximum atomic E-state index is 12.5. The van der Waals surface area contributed by atoms with Gasteiger partial charge in [-0.25, -0.2) is 4.79 Å². The zero-order valence-electron chi connectivity index (χ0n) is 14.5. The summed E-state index contributed by atoms with van der Waals surface area (Å²) in [6.07, 6.45) is 5.77. The molecular formula is C21H20N2O3. The van der Waals surface area contributed by atoms with Crippen LogP contribution in [0.4, 0.5) is 0 Å². The molecule has 0 unspecified atom stereocenters. The fraction of sp³-hybridized carbons (Fsp3) is 0.333. The van der Waals surface area contributed by atoms with Gasteiger partial charge in [0.1, 0.15) is 18.1 Å². The molecule has 3 heterocycles.